The number of halogens is 3. The molecular formula is C25H22F3N5O3. The summed E-state index contributed by atoms with van der Waals surface area (Å²) in [7, 11) is 0. The molecule has 8 nitrogen and oxygen atoms in total. The van der Waals surface area contributed by atoms with Gasteiger partial charge in [-0.1, -0.05) is 0 Å². The van der Waals surface area contributed by atoms with Crippen molar-refractivity contribution < 1.29 is 26.8 Å². The first-order valence-corrected chi connectivity index (χ1v) is 11.2. The second kappa shape index (κ2) is 9.86. The number of carbonyl (C=O) groups excluding carboxylic acids is 1. The zero-order chi connectivity index (χ0) is 25.1. The fraction of sp³-hybridized carbons (Fsp3) is 0.240. The number of rotatable bonds is 6. The summed E-state index contributed by atoms with van der Waals surface area (Å²) in [5.41, 5.74) is 1.28. The Labute approximate surface area is 204 Å². The monoisotopic (exact) mass is 497 g/mol. The Hall–Kier alpha value is -4.12. The van der Waals surface area contributed by atoms with Crippen LogP contribution in [0.3, 0.4) is 0 Å². The van der Waals surface area contributed by atoms with E-state index < -0.39 is 17.6 Å². The second-order valence-corrected chi connectivity index (χ2v) is 8.33. The number of alkyl halides is 3. The first kappa shape index (κ1) is 23.6. The van der Waals surface area contributed by atoms with E-state index in [-0.39, 0.29) is 11.4 Å². The lowest BCUT2D eigenvalue weighted by molar-refractivity contribution is -0.137. The first-order chi connectivity index (χ1) is 17.4. The van der Waals surface area contributed by atoms with E-state index in [0.29, 0.717) is 44.2 Å². The van der Waals surface area contributed by atoms with Crippen LogP contribution in [0.5, 0.6) is 0 Å². The lowest BCUT2D eigenvalue weighted by Crippen LogP contribution is -2.46. The Morgan fingerprint density at radius 2 is 1.81 bits per heavy atom. The molecule has 0 radical (unpaired) electrons. The average molecular weight is 497 g/mol. The van der Waals surface area contributed by atoms with E-state index in [9.17, 15) is 18.0 Å². The molecule has 4 heterocycles. The molecule has 186 valence electrons. The number of hydrogen-bond donors (Lipinski definition) is 1. The van der Waals surface area contributed by atoms with Gasteiger partial charge >= 0.3 is 6.18 Å². The lowest BCUT2D eigenvalue weighted by Gasteiger charge is -2.36. The van der Waals surface area contributed by atoms with E-state index in [1.54, 1.807) is 36.9 Å². The molecule has 5 rings (SSSR count). The third-order valence-corrected chi connectivity index (χ3v) is 5.95. The molecule has 0 spiro atoms. The summed E-state index contributed by atoms with van der Waals surface area (Å²) < 4.78 is 51.0. The van der Waals surface area contributed by atoms with Crippen molar-refractivity contribution in [3.05, 3.63) is 84.5 Å². The maximum absolute atomic E-state index is 13.5. The highest BCUT2D eigenvalue weighted by molar-refractivity contribution is 6.04. The topological polar surface area (TPSA) is 87.6 Å². The fourth-order valence-electron chi connectivity index (χ4n) is 4.10. The molecule has 3 aromatic heterocycles. The zero-order valence-corrected chi connectivity index (χ0v) is 19.0. The number of piperazine rings is 1. The quantitative estimate of drug-likeness (QED) is 0.405. The van der Waals surface area contributed by atoms with Crippen LogP contribution in [0.4, 0.5) is 24.5 Å². The first-order valence-electron chi connectivity index (χ1n) is 11.2. The van der Waals surface area contributed by atoms with Gasteiger partial charge in [-0.05, 0) is 42.5 Å². The second-order valence-electron chi connectivity index (χ2n) is 8.33. The van der Waals surface area contributed by atoms with Gasteiger partial charge in [-0.15, -0.1) is 0 Å². The van der Waals surface area contributed by atoms with Gasteiger partial charge in [0, 0.05) is 50.7 Å². The maximum Gasteiger partial charge on any atom is 0.416 e. The van der Waals surface area contributed by atoms with Crippen LogP contribution in [0.15, 0.2) is 76.3 Å². The molecule has 1 aliphatic rings. The van der Waals surface area contributed by atoms with E-state index in [2.05, 4.69) is 20.2 Å². The van der Waals surface area contributed by atoms with Crippen molar-refractivity contribution in [1.82, 2.24) is 14.9 Å². The number of nitrogens with one attached hydrogen (secondary N) is 1. The number of amides is 1. The van der Waals surface area contributed by atoms with Gasteiger partial charge in [-0.25, -0.2) is 4.98 Å². The Morgan fingerprint density at radius 3 is 2.50 bits per heavy atom. The predicted molar refractivity (Wildman–Crippen MR) is 125 cm³/mol. The fourth-order valence-corrected chi connectivity index (χ4v) is 4.10. The molecule has 0 unspecified atom stereocenters. The molecule has 0 bridgehead atoms. The molecule has 1 aliphatic heterocycles. The number of aromatic nitrogens is 2. The number of oxazole rings is 1. The summed E-state index contributed by atoms with van der Waals surface area (Å²) in [5.74, 6) is -0.196. The summed E-state index contributed by atoms with van der Waals surface area (Å²) in [6.07, 6.45) is 1.61. The standard InChI is InChI=1S/C25H22F3N5O3/c26-25(27,28)18-1-2-21(33-11-9-32(10-12-33)14-19-15-35-16-30-19)20(13-18)31-24(34)23-4-3-22(36-23)17-5-7-29-8-6-17/h1-8,13,15-16H,9-12,14H2,(H,31,34). The number of carbonyl (C=O) groups is 1. The van der Waals surface area contributed by atoms with Crippen LogP contribution in [0, 0.1) is 0 Å². The Morgan fingerprint density at radius 1 is 1.03 bits per heavy atom. The molecule has 1 N–H and O–H groups in total. The summed E-state index contributed by atoms with van der Waals surface area (Å²) in [6.45, 7) is 3.11. The number of pyridine rings is 1. The lowest BCUT2D eigenvalue weighted by atomic mass is 10.1. The van der Waals surface area contributed by atoms with Gasteiger partial charge < -0.3 is 19.1 Å². The van der Waals surface area contributed by atoms with Crippen LogP contribution in [0.25, 0.3) is 11.3 Å². The molecule has 36 heavy (non-hydrogen) atoms. The summed E-state index contributed by atoms with van der Waals surface area (Å²) >= 11 is 0. The van der Waals surface area contributed by atoms with Crippen LogP contribution in [0.2, 0.25) is 0 Å². The maximum atomic E-state index is 13.5. The highest BCUT2D eigenvalue weighted by Gasteiger charge is 2.32. The summed E-state index contributed by atoms with van der Waals surface area (Å²) in [5, 5.41) is 2.63. The van der Waals surface area contributed by atoms with Crippen LogP contribution in [-0.2, 0) is 12.7 Å². The molecule has 1 amide bonds. The molecular weight excluding hydrogens is 475 g/mol. The van der Waals surface area contributed by atoms with E-state index in [0.717, 1.165) is 23.4 Å². The Bertz CT molecular complexity index is 1310. The van der Waals surface area contributed by atoms with Gasteiger partial charge in [-0.3, -0.25) is 14.7 Å². The van der Waals surface area contributed by atoms with E-state index in [1.165, 1.54) is 18.5 Å². The molecule has 1 fully saturated rings. The Kier molecular flexibility index (Phi) is 6.47. The number of furan rings is 1. The highest BCUT2D eigenvalue weighted by atomic mass is 19.4. The van der Waals surface area contributed by atoms with E-state index in [4.69, 9.17) is 8.83 Å². The van der Waals surface area contributed by atoms with Crippen LogP contribution in [0.1, 0.15) is 21.8 Å². The van der Waals surface area contributed by atoms with Gasteiger partial charge in [0.15, 0.2) is 12.2 Å². The minimum Gasteiger partial charge on any atom is -0.451 e. The van der Waals surface area contributed by atoms with E-state index >= 15 is 0 Å². The van der Waals surface area contributed by atoms with Crippen molar-refractivity contribution in [2.75, 3.05) is 36.4 Å². The normalized spacial score (nSPS) is 14.7. The van der Waals surface area contributed by atoms with Crippen LogP contribution < -0.4 is 10.2 Å². The van der Waals surface area contributed by atoms with Crippen molar-refractivity contribution in [3.8, 4) is 11.3 Å². The predicted octanol–water partition coefficient (Wildman–Crippen LogP) is 4.92. The highest BCUT2D eigenvalue weighted by Crippen LogP contribution is 2.36. The SMILES string of the molecule is O=C(Nc1cc(C(F)(F)F)ccc1N1CCN(Cc2cocn2)CC1)c1ccc(-c2ccncc2)o1. The van der Waals surface area contributed by atoms with Crippen LogP contribution >= 0.6 is 0 Å². The molecule has 11 heteroatoms. The molecule has 1 saturated heterocycles. The minimum absolute atomic E-state index is 0.0115. The molecule has 4 aromatic rings. The molecule has 1 aromatic carbocycles. The zero-order valence-electron chi connectivity index (χ0n) is 19.0. The summed E-state index contributed by atoms with van der Waals surface area (Å²) in [6, 6.07) is 9.97. The van der Waals surface area contributed by atoms with Gasteiger partial charge in [0.1, 0.15) is 12.0 Å². The van der Waals surface area contributed by atoms with Crippen molar-refractivity contribution in [2.24, 2.45) is 0 Å². The van der Waals surface area contributed by atoms with Gasteiger partial charge in [0.05, 0.1) is 22.6 Å². The van der Waals surface area contributed by atoms with E-state index in [1.807, 2.05) is 4.90 Å². The summed E-state index contributed by atoms with van der Waals surface area (Å²) in [4.78, 5) is 25.2. The largest absolute Gasteiger partial charge is 0.451 e. The van der Waals surface area contributed by atoms with Crippen molar-refractivity contribution in [1.29, 1.82) is 0 Å². The van der Waals surface area contributed by atoms with Crippen molar-refractivity contribution in [3.63, 3.8) is 0 Å². The average Bonchev–Trinajstić information content (AvgIpc) is 3.57. The van der Waals surface area contributed by atoms with Crippen molar-refractivity contribution in [2.45, 2.75) is 12.7 Å². The number of benzene rings is 1. The third kappa shape index (κ3) is 5.25. The van der Waals surface area contributed by atoms with Gasteiger partial charge in [-0.2, -0.15) is 13.2 Å². The minimum atomic E-state index is -4.55. The van der Waals surface area contributed by atoms with Crippen molar-refractivity contribution >= 4 is 17.3 Å². The number of hydrogen-bond acceptors (Lipinski definition) is 7. The molecule has 0 saturated carbocycles. The number of nitrogens with zero attached hydrogens (tertiary/aromatic N) is 4. The number of anilines is 2. The third-order valence-electron chi connectivity index (χ3n) is 5.95. The molecule has 0 aliphatic carbocycles. The van der Waals surface area contributed by atoms with Crippen LogP contribution in [-0.4, -0.2) is 47.0 Å². The van der Waals surface area contributed by atoms with Gasteiger partial charge in [0.25, 0.3) is 5.91 Å². The smallest absolute Gasteiger partial charge is 0.416 e. The van der Waals surface area contributed by atoms with Gasteiger partial charge in [0.2, 0.25) is 0 Å². The molecule has 0 atom stereocenters. The Balaban J connectivity index is 1.34.